The maximum Gasteiger partial charge on any atom is 0.297 e. The minimum atomic E-state index is -4.43. The quantitative estimate of drug-likeness (QED) is 0.489. The molecule has 0 amide bonds. The Balaban J connectivity index is 1.99. The molecule has 0 spiro atoms. The smallest absolute Gasteiger partial charge is 0.297 e. The van der Waals surface area contributed by atoms with Crippen molar-refractivity contribution in [2.24, 2.45) is 0 Å². The van der Waals surface area contributed by atoms with Gasteiger partial charge in [0.05, 0.1) is 16.4 Å². The van der Waals surface area contributed by atoms with Gasteiger partial charge in [-0.2, -0.15) is 16.8 Å². The van der Waals surface area contributed by atoms with Gasteiger partial charge in [0, 0.05) is 14.2 Å². The fourth-order valence-electron chi connectivity index (χ4n) is 3.50. The van der Waals surface area contributed by atoms with E-state index in [1.807, 2.05) is 0 Å². The average Bonchev–Trinajstić information content (AvgIpc) is 2.77. The molecule has 34 heavy (non-hydrogen) atoms. The molecule has 1 heterocycles. The van der Waals surface area contributed by atoms with Crippen LogP contribution < -0.4 is 0 Å². The van der Waals surface area contributed by atoms with E-state index in [1.54, 1.807) is 38.1 Å². The number of methoxy groups -OCH3 is 2. The van der Waals surface area contributed by atoms with Crippen molar-refractivity contribution in [1.29, 1.82) is 0 Å². The molecular weight excluding hydrogens is 488 g/mol. The molecule has 0 bridgehead atoms. The van der Waals surface area contributed by atoms with Gasteiger partial charge in [-0.05, 0) is 38.1 Å². The second-order valence-corrected chi connectivity index (χ2v) is 11.0. The van der Waals surface area contributed by atoms with Crippen molar-refractivity contribution in [2.45, 2.75) is 54.3 Å². The molecule has 1 N–H and O–H groups in total. The number of aliphatic hydroxyl groups is 1. The van der Waals surface area contributed by atoms with E-state index in [4.69, 9.17) is 22.6 Å². The molecule has 10 nitrogen and oxygen atoms in total. The molecule has 0 unspecified atom stereocenters. The van der Waals surface area contributed by atoms with Crippen LogP contribution in [-0.4, -0.2) is 73.5 Å². The monoisotopic (exact) mass is 516 g/mol. The van der Waals surface area contributed by atoms with Gasteiger partial charge < -0.3 is 19.3 Å². The second-order valence-electron chi connectivity index (χ2n) is 7.88. The van der Waals surface area contributed by atoms with Gasteiger partial charge in [-0.1, -0.05) is 35.4 Å². The third-order valence-electron chi connectivity index (χ3n) is 5.31. The first kappa shape index (κ1) is 26.7. The molecule has 0 saturated carbocycles. The van der Waals surface area contributed by atoms with Crippen LogP contribution in [0.15, 0.2) is 58.3 Å². The van der Waals surface area contributed by atoms with Crippen LogP contribution in [0, 0.1) is 13.8 Å². The lowest BCUT2D eigenvalue weighted by Crippen LogP contribution is -2.61. The number of aryl methyl sites for hydroxylation is 2. The van der Waals surface area contributed by atoms with Gasteiger partial charge in [0.2, 0.25) is 0 Å². The van der Waals surface area contributed by atoms with Crippen LogP contribution in [0.4, 0.5) is 0 Å². The van der Waals surface area contributed by atoms with Crippen LogP contribution >= 0.6 is 0 Å². The minimum Gasteiger partial charge on any atom is -0.382 e. The molecule has 188 valence electrons. The van der Waals surface area contributed by atoms with Crippen molar-refractivity contribution in [3.63, 3.8) is 0 Å². The third-order valence-corrected chi connectivity index (χ3v) is 7.96. The highest BCUT2D eigenvalue weighted by Gasteiger charge is 2.51. The number of aliphatic hydroxyl groups excluding tert-OH is 1. The highest BCUT2D eigenvalue weighted by molar-refractivity contribution is 7.87. The van der Waals surface area contributed by atoms with Crippen LogP contribution in [-0.2, 0) is 42.8 Å². The Morgan fingerprint density at radius 2 is 1.21 bits per heavy atom. The van der Waals surface area contributed by atoms with Crippen molar-refractivity contribution in [3.05, 3.63) is 59.7 Å². The lowest BCUT2D eigenvalue weighted by Gasteiger charge is -2.42. The lowest BCUT2D eigenvalue weighted by molar-refractivity contribution is -0.280. The summed E-state index contributed by atoms with van der Waals surface area (Å²) in [6.45, 7) is 3.49. The topological polar surface area (TPSA) is 135 Å². The molecule has 2 aromatic carbocycles. The van der Waals surface area contributed by atoms with Gasteiger partial charge >= 0.3 is 0 Å². The third kappa shape index (κ3) is 6.01. The normalized spacial score (nSPS) is 25.9. The summed E-state index contributed by atoms with van der Waals surface area (Å²) in [5, 5.41) is 10.6. The van der Waals surface area contributed by atoms with E-state index in [0.29, 0.717) is 0 Å². The summed E-state index contributed by atoms with van der Waals surface area (Å²) in [6.07, 6.45) is -7.32. The highest BCUT2D eigenvalue weighted by Crippen LogP contribution is 2.32. The Morgan fingerprint density at radius 1 is 0.765 bits per heavy atom. The first-order valence-corrected chi connectivity index (χ1v) is 13.2. The Hall–Kier alpha value is -1.90. The summed E-state index contributed by atoms with van der Waals surface area (Å²) in [5.74, 6) is 0. The van der Waals surface area contributed by atoms with Crippen molar-refractivity contribution >= 4 is 20.2 Å². The predicted octanol–water partition coefficient (Wildman–Crippen LogP) is 1.53. The van der Waals surface area contributed by atoms with Crippen LogP contribution in [0.2, 0.25) is 0 Å². The van der Waals surface area contributed by atoms with E-state index in [-0.39, 0.29) is 16.4 Å². The summed E-state index contributed by atoms with van der Waals surface area (Å²) >= 11 is 0. The molecule has 5 atom stereocenters. The zero-order chi connectivity index (χ0) is 25.1. The number of rotatable bonds is 9. The molecule has 1 aliphatic rings. The predicted molar refractivity (Wildman–Crippen MR) is 120 cm³/mol. The fourth-order valence-corrected chi connectivity index (χ4v) is 5.67. The zero-order valence-electron chi connectivity index (χ0n) is 19.2. The molecule has 0 aliphatic carbocycles. The average molecular weight is 517 g/mol. The second kappa shape index (κ2) is 10.8. The largest absolute Gasteiger partial charge is 0.382 e. The lowest BCUT2D eigenvalue weighted by atomic mass is 9.99. The van der Waals surface area contributed by atoms with Crippen molar-refractivity contribution in [1.82, 2.24) is 0 Å². The summed E-state index contributed by atoms with van der Waals surface area (Å²) in [6, 6.07) is 11.7. The van der Waals surface area contributed by atoms with Gasteiger partial charge in [-0.25, -0.2) is 0 Å². The van der Waals surface area contributed by atoms with E-state index in [9.17, 15) is 21.9 Å². The Kier molecular flexibility index (Phi) is 8.47. The first-order valence-electron chi connectivity index (χ1n) is 10.3. The van der Waals surface area contributed by atoms with Crippen molar-refractivity contribution in [3.8, 4) is 0 Å². The maximum atomic E-state index is 13.0. The molecule has 0 aromatic heterocycles. The number of ether oxygens (including phenoxy) is 3. The summed E-state index contributed by atoms with van der Waals surface area (Å²) in [7, 11) is -6.18. The Bertz CT molecular complexity index is 1160. The maximum absolute atomic E-state index is 13.0. The highest BCUT2D eigenvalue weighted by atomic mass is 32.2. The number of hydrogen-bond acceptors (Lipinski definition) is 10. The van der Waals surface area contributed by atoms with Crippen molar-refractivity contribution < 1.29 is 44.5 Å². The molecule has 12 heteroatoms. The van der Waals surface area contributed by atoms with E-state index in [0.717, 1.165) is 11.1 Å². The van der Waals surface area contributed by atoms with Gasteiger partial charge in [-0.3, -0.25) is 8.37 Å². The van der Waals surface area contributed by atoms with E-state index in [1.165, 1.54) is 38.5 Å². The summed E-state index contributed by atoms with van der Waals surface area (Å²) in [5.41, 5.74) is 1.66. The minimum absolute atomic E-state index is 0.0859. The number of benzene rings is 2. The van der Waals surface area contributed by atoms with Crippen LogP contribution in [0.1, 0.15) is 11.1 Å². The van der Waals surface area contributed by atoms with E-state index in [2.05, 4.69) is 0 Å². The summed E-state index contributed by atoms with van der Waals surface area (Å²) < 4.78 is 78.5. The molecule has 0 radical (unpaired) electrons. The van der Waals surface area contributed by atoms with Crippen LogP contribution in [0.5, 0.6) is 0 Å². The molecule has 3 rings (SSSR count). The SMILES string of the molecule is COC[C@H]1O[C@H](O)[C@H](OS(=O)(=O)c2ccc(C)cc2)[C@@H](OS(=O)(=O)c2ccc(C)cc2)[C@@H]1OC. The van der Waals surface area contributed by atoms with Gasteiger partial charge in [-0.15, -0.1) is 0 Å². The summed E-state index contributed by atoms with van der Waals surface area (Å²) in [4.78, 5) is -0.337. The van der Waals surface area contributed by atoms with Crippen LogP contribution in [0.3, 0.4) is 0 Å². The standard InChI is InChI=1S/C22H28O10S2/c1-14-5-9-16(10-6-14)33(24,25)31-20-19(29-4)18(13-28-3)30-22(23)21(20)32-34(26,27)17-11-7-15(2)8-12-17/h5-12,18-23H,13H2,1-4H3/t18-,19-,20+,21-,22+/m1/s1. The van der Waals surface area contributed by atoms with Gasteiger partial charge in [0.1, 0.15) is 18.3 Å². The Labute approximate surface area is 199 Å². The molecule has 1 saturated heterocycles. The van der Waals surface area contributed by atoms with Gasteiger partial charge in [0.15, 0.2) is 12.4 Å². The van der Waals surface area contributed by atoms with Crippen molar-refractivity contribution in [2.75, 3.05) is 20.8 Å². The molecule has 1 fully saturated rings. The molecule has 1 aliphatic heterocycles. The number of hydrogen-bond donors (Lipinski definition) is 1. The first-order chi connectivity index (χ1) is 16.0. The van der Waals surface area contributed by atoms with Crippen LogP contribution in [0.25, 0.3) is 0 Å². The Morgan fingerprint density at radius 3 is 1.62 bits per heavy atom. The zero-order valence-corrected chi connectivity index (χ0v) is 20.8. The van der Waals surface area contributed by atoms with E-state index >= 15 is 0 Å². The fraction of sp³-hybridized carbons (Fsp3) is 0.455. The van der Waals surface area contributed by atoms with Gasteiger partial charge in [0.25, 0.3) is 20.2 Å². The van der Waals surface area contributed by atoms with E-state index < -0.39 is 50.9 Å². The molecular formula is C22H28O10S2. The molecule has 2 aromatic rings.